The molecule has 72 valence electrons. The van der Waals surface area contributed by atoms with Crippen LogP contribution in [0.3, 0.4) is 0 Å². The Kier molecular flexibility index (Phi) is 2.98. The van der Waals surface area contributed by atoms with E-state index in [1.54, 1.807) is 0 Å². The Labute approximate surface area is 81.7 Å². The summed E-state index contributed by atoms with van der Waals surface area (Å²) in [4.78, 5) is 0. The molecule has 0 fully saturated rings. The van der Waals surface area contributed by atoms with Crippen LogP contribution in [0.5, 0.6) is 0 Å². The highest BCUT2D eigenvalue weighted by molar-refractivity contribution is 9.11. The largest absolute Gasteiger partial charge is 0.523 e. The van der Waals surface area contributed by atoms with Gasteiger partial charge in [0.2, 0.25) is 0 Å². The smallest absolute Gasteiger partial charge is 0.280 e. The summed E-state index contributed by atoms with van der Waals surface area (Å²) in [5, 5.41) is 0. The maximum atomic E-state index is 11.8. The van der Waals surface area contributed by atoms with E-state index in [9.17, 15) is 13.2 Å². The van der Waals surface area contributed by atoms with Gasteiger partial charge in [0, 0.05) is 4.48 Å². The van der Waals surface area contributed by atoms with Crippen LogP contribution in [0.2, 0.25) is 0 Å². The van der Waals surface area contributed by atoms with Gasteiger partial charge in [0.25, 0.3) is 0 Å². The number of ether oxygens (including phenoxy) is 1. The van der Waals surface area contributed by atoms with Gasteiger partial charge >= 0.3 is 6.36 Å². The summed E-state index contributed by atoms with van der Waals surface area (Å²) in [6.45, 7) is 3.45. The standard InChI is InChI=1S/C8H6BrF3O/c1-5-4-6(9)2-3-7(5)13-8(10,11)12/h2-4,7H,1H2. The Balaban J connectivity index is 2.66. The van der Waals surface area contributed by atoms with E-state index in [4.69, 9.17) is 0 Å². The zero-order valence-corrected chi connectivity index (χ0v) is 8.02. The molecule has 0 bridgehead atoms. The second kappa shape index (κ2) is 3.67. The third-order valence-electron chi connectivity index (χ3n) is 1.38. The van der Waals surface area contributed by atoms with Crippen molar-refractivity contribution in [2.45, 2.75) is 12.5 Å². The summed E-state index contributed by atoms with van der Waals surface area (Å²) in [7, 11) is 0. The predicted molar refractivity (Wildman–Crippen MR) is 46.2 cm³/mol. The second-order valence-electron chi connectivity index (χ2n) is 2.45. The molecule has 0 spiro atoms. The van der Waals surface area contributed by atoms with Crippen LogP contribution < -0.4 is 0 Å². The van der Waals surface area contributed by atoms with Crippen LogP contribution in [0, 0.1) is 0 Å². The van der Waals surface area contributed by atoms with Crippen molar-refractivity contribution in [1.29, 1.82) is 0 Å². The normalized spacial score (nSPS) is 23.2. The van der Waals surface area contributed by atoms with Crippen molar-refractivity contribution in [3.63, 3.8) is 0 Å². The summed E-state index contributed by atoms with van der Waals surface area (Å²) < 4.78 is 39.8. The molecule has 1 atom stereocenters. The first-order valence-corrected chi connectivity index (χ1v) is 4.16. The minimum absolute atomic E-state index is 0.270. The van der Waals surface area contributed by atoms with E-state index in [0.717, 1.165) is 0 Å². The highest BCUT2D eigenvalue weighted by Crippen LogP contribution is 2.27. The summed E-state index contributed by atoms with van der Waals surface area (Å²) in [5.41, 5.74) is 0.270. The molecule has 0 saturated heterocycles. The molecule has 0 aliphatic heterocycles. The van der Waals surface area contributed by atoms with Crippen LogP contribution in [0.1, 0.15) is 0 Å². The quantitative estimate of drug-likeness (QED) is 0.698. The lowest BCUT2D eigenvalue weighted by Gasteiger charge is -2.18. The SMILES string of the molecule is C=C1C=C(Br)C=CC1OC(F)(F)F. The van der Waals surface area contributed by atoms with Crippen LogP contribution in [-0.4, -0.2) is 12.5 Å². The first kappa shape index (κ1) is 10.5. The summed E-state index contributed by atoms with van der Waals surface area (Å²) in [6.07, 6.45) is -1.47. The minimum atomic E-state index is -4.63. The average Bonchev–Trinajstić information content (AvgIpc) is 1.93. The van der Waals surface area contributed by atoms with Crippen molar-refractivity contribution in [3.8, 4) is 0 Å². The molecule has 0 heterocycles. The summed E-state index contributed by atoms with van der Waals surface area (Å²) in [5.74, 6) is 0. The number of allylic oxidation sites excluding steroid dienone is 2. The molecule has 1 nitrogen and oxygen atoms in total. The van der Waals surface area contributed by atoms with Gasteiger partial charge in [0.15, 0.2) is 0 Å². The lowest BCUT2D eigenvalue weighted by atomic mass is 10.1. The summed E-state index contributed by atoms with van der Waals surface area (Å²) in [6, 6.07) is 0. The van der Waals surface area contributed by atoms with Crippen molar-refractivity contribution in [3.05, 3.63) is 34.9 Å². The van der Waals surface area contributed by atoms with Crippen LogP contribution in [-0.2, 0) is 4.74 Å². The molecule has 1 rings (SSSR count). The Morgan fingerprint density at radius 1 is 1.46 bits per heavy atom. The minimum Gasteiger partial charge on any atom is -0.280 e. The Morgan fingerprint density at radius 3 is 2.54 bits per heavy atom. The molecule has 1 unspecified atom stereocenters. The van der Waals surface area contributed by atoms with Gasteiger partial charge < -0.3 is 0 Å². The number of halogens is 4. The molecule has 0 aromatic carbocycles. The van der Waals surface area contributed by atoms with E-state index in [1.807, 2.05) is 0 Å². The molecule has 0 saturated carbocycles. The molecule has 0 radical (unpaired) electrons. The number of alkyl halides is 3. The molecule has 13 heavy (non-hydrogen) atoms. The van der Waals surface area contributed by atoms with Crippen molar-refractivity contribution in [2.75, 3.05) is 0 Å². The van der Waals surface area contributed by atoms with E-state index in [2.05, 4.69) is 27.2 Å². The third kappa shape index (κ3) is 3.36. The predicted octanol–water partition coefficient (Wildman–Crippen LogP) is 3.30. The Hall–Kier alpha value is -0.550. The molecular weight excluding hydrogens is 249 g/mol. The maximum Gasteiger partial charge on any atom is 0.523 e. The van der Waals surface area contributed by atoms with E-state index in [1.165, 1.54) is 18.2 Å². The van der Waals surface area contributed by atoms with Crippen molar-refractivity contribution in [1.82, 2.24) is 0 Å². The van der Waals surface area contributed by atoms with E-state index < -0.39 is 12.5 Å². The fraction of sp³-hybridized carbons (Fsp3) is 0.250. The topological polar surface area (TPSA) is 9.23 Å². The van der Waals surface area contributed by atoms with Gasteiger partial charge in [-0.25, -0.2) is 0 Å². The van der Waals surface area contributed by atoms with Gasteiger partial charge in [-0.05, 0) is 23.8 Å². The van der Waals surface area contributed by atoms with E-state index in [0.29, 0.717) is 4.48 Å². The summed E-state index contributed by atoms with van der Waals surface area (Å²) >= 11 is 3.11. The monoisotopic (exact) mass is 254 g/mol. The second-order valence-corrected chi connectivity index (χ2v) is 3.36. The van der Waals surface area contributed by atoms with Gasteiger partial charge in [0.1, 0.15) is 6.10 Å². The molecular formula is C8H6BrF3O. The van der Waals surface area contributed by atoms with Crippen LogP contribution >= 0.6 is 15.9 Å². The van der Waals surface area contributed by atoms with Gasteiger partial charge in [0.05, 0.1) is 0 Å². The highest BCUT2D eigenvalue weighted by Gasteiger charge is 2.33. The van der Waals surface area contributed by atoms with Gasteiger partial charge in [-0.2, -0.15) is 0 Å². The molecule has 0 N–H and O–H groups in total. The van der Waals surface area contributed by atoms with Gasteiger partial charge in [-0.15, -0.1) is 13.2 Å². The average molecular weight is 255 g/mol. The fourth-order valence-electron chi connectivity index (χ4n) is 0.869. The Morgan fingerprint density at radius 2 is 2.08 bits per heavy atom. The zero-order valence-electron chi connectivity index (χ0n) is 6.44. The Bertz CT molecular complexity index is 278. The molecule has 1 aliphatic rings. The van der Waals surface area contributed by atoms with Crippen molar-refractivity contribution < 1.29 is 17.9 Å². The van der Waals surface area contributed by atoms with E-state index >= 15 is 0 Å². The number of hydrogen-bond donors (Lipinski definition) is 0. The molecule has 1 aliphatic carbocycles. The lowest BCUT2D eigenvalue weighted by Crippen LogP contribution is -2.24. The maximum absolute atomic E-state index is 11.8. The lowest BCUT2D eigenvalue weighted by molar-refractivity contribution is -0.331. The third-order valence-corrected chi connectivity index (χ3v) is 1.87. The molecule has 0 aromatic rings. The number of hydrogen-bond acceptors (Lipinski definition) is 1. The van der Waals surface area contributed by atoms with Crippen LogP contribution in [0.15, 0.2) is 34.9 Å². The van der Waals surface area contributed by atoms with Crippen molar-refractivity contribution in [2.24, 2.45) is 0 Å². The molecule has 0 aromatic heterocycles. The van der Waals surface area contributed by atoms with Crippen LogP contribution in [0.25, 0.3) is 0 Å². The first-order chi connectivity index (χ1) is 5.88. The number of rotatable bonds is 1. The van der Waals surface area contributed by atoms with Gasteiger partial charge in [-0.3, -0.25) is 4.74 Å². The fourth-order valence-corrected chi connectivity index (χ4v) is 1.32. The van der Waals surface area contributed by atoms with Crippen LogP contribution in [0.4, 0.5) is 13.2 Å². The van der Waals surface area contributed by atoms with E-state index in [-0.39, 0.29) is 5.57 Å². The first-order valence-electron chi connectivity index (χ1n) is 3.37. The van der Waals surface area contributed by atoms with Gasteiger partial charge in [-0.1, -0.05) is 22.5 Å². The highest BCUT2D eigenvalue weighted by atomic mass is 79.9. The molecule has 0 amide bonds. The molecule has 5 heteroatoms. The van der Waals surface area contributed by atoms with Crippen molar-refractivity contribution >= 4 is 15.9 Å². The zero-order chi connectivity index (χ0) is 10.1.